The van der Waals surface area contributed by atoms with Gasteiger partial charge in [-0.05, 0) is 43.5 Å². The zero-order valence-corrected chi connectivity index (χ0v) is 22.8. The van der Waals surface area contributed by atoms with Crippen LogP contribution in [-0.2, 0) is 4.79 Å². The van der Waals surface area contributed by atoms with Gasteiger partial charge in [-0.2, -0.15) is 5.10 Å². The van der Waals surface area contributed by atoms with Crippen LogP contribution in [0.15, 0.2) is 83.7 Å². The number of rotatable bonds is 7. The van der Waals surface area contributed by atoms with E-state index >= 15 is 0 Å². The van der Waals surface area contributed by atoms with Crippen molar-refractivity contribution in [3.8, 4) is 22.5 Å². The molecule has 5 heterocycles. The lowest BCUT2D eigenvalue weighted by Crippen LogP contribution is -2.26. The lowest BCUT2D eigenvalue weighted by Gasteiger charge is -2.17. The average Bonchev–Trinajstić information content (AvgIpc) is 3.60. The molecule has 0 fully saturated rings. The highest BCUT2D eigenvalue weighted by atomic mass is 16.3. The van der Waals surface area contributed by atoms with E-state index in [4.69, 9.17) is 4.42 Å². The Morgan fingerprint density at radius 3 is 2.64 bits per heavy atom. The molecule has 0 bridgehead atoms. The number of furan rings is 1. The van der Waals surface area contributed by atoms with Crippen molar-refractivity contribution in [2.75, 3.05) is 0 Å². The summed E-state index contributed by atoms with van der Waals surface area (Å²) in [5.74, 6) is -0.0189. The maximum Gasteiger partial charge on any atom is 0.224 e. The molecule has 0 spiro atoms. The number of nitrogens with one attached hydrogen (secondary N) is 3. The van der Waals surface area contributed by atoms with Crippen LogP contribution in [0.5, 0.6) is 0 Å². The number of fused-ring (bicyclic) bond motifs is 2. The largest absolute Gasteiger partial charge is 0.472 e. The normalized spacial score (nSPS) is 12.8. The van der Waals surface area contributed by atoms with Crippen LogP contribution < -0.4 is 5.32 Å². The van der Waals surface area contributed by atoms with Gasteiger partial charge in [-0.25, -0.2) is 0 Å². The lowest BCUT2D eigenvalue weighted by atomic mass is 9.92. The van der Waals surface area contributed by atoms with E-state index in [2.05, 4.69) is 43.1 Å². The summed E-state index contributed by atoms with van der Waals surface area (Å²) < 4.78 is 5.29. The number of carbonyl (C=O) groups excluding carboxylic acids is 1. The molecule has 0 saturated carbocycles. The van der Waals surface area contributed by atoms with Gasteiger partial charge in [0.1, 0.15) is 5.69 Å². The second kappa shape index (κ2) is 10.2. The molecule has 5 aromatic heterocycles. The molecule has 0 aromatic carbocycles. The van der Waals surface area contributed by atoms with E-state index in [1.54, 1.807) is 24.9 Å². The molecule has 0 aliphatic carbocycles. The maximum atomic E-state index is 12.5. The van der Waals surface area contributed by atoms with E-state index in [0.29, 0.717) is 6.42 Å². The van der Waals surface area contributed by atoms with E-state index in [-0.39, 0.29) is 11.3 Å². The van der Waals surface area contributed by atoms with Crippen LogP contribution in [-0.4, -0.2) is 31.1 Å². The Kier molecular flexibility index (Phi) is 6.78. The first-order valence-corrected chi connectivity index (χ1v) is 12.8. The van der Waals surface area contributed by atoms with Crippen LogP contribution in [0.25, 0.3) is 49.9 Å². The number of carbonyl (C=O) groups is 1. The third-order valence-electron chi connectivity index (χ3n) is 6.18. The zero-order valence-electron chi connectivity index (χ0n) is 22.8. The topological polar surface area (TPSA) is 112 Å². The van der Waals surface area contributed by atoms with Crippen LogP contribution in [0.3, 0.4) is 0 Å². The van der Waals surface area contributed by atoms with Crippen molar-refractivity contribution in [1.82, 2.24) is 30.5 Å². The van der Waals surface area contributed by atoms with Gasteiger partial charge in [0.2, 0.25) is 5.91 Å². The molecule has 0 aliphatic rings. The number of hydrogen-bond acceptors (Lipinski definition) is 5. The van der Waals surface area contributed by atoms with E-state index in [9.17, 15) is 4.79 Å². The SMILES string of the molecule is C=C(C)/C=C(\C=C(/C)NC(=O)CC(C)(C)C)c1cc2c(-c3cc4c(-c5ccoc5)cncc4[nH]3)n[nH]c2cn1. The Morgan fingerprint density at radius 1 is 1.10 bits per heavy atom. The van der Waals surface area contributed by atoms with Gasteiger partial charge in [0.15, 0.2) is 0 Å². The Balaban J connectivity index is 1.53. The summed E-state index contributed by atoms with van der Waals surface area (Å²) in [5, 5.41) is 12.6. The van der Waals surface area contributed by atoms with Gasteiger partial charge in [0.05, 0.1) is 47.3 Å². The number of nitrogens with zero attached hydrogens (tertiary/aromatic N) is 3. The Morgan fingerprint density at radius 2 is 1.92 bits per heavy atom. The molecule has 8 heteroatoms. The van der Waals surface area contributed by atoms with Crippen molar-refractivity contribution in [2.45, 2.75) is 41.0 Å². The molecular formula is C31H32N6O2. The third kappa shape index (κ3) is 5.75. The lowest BCUT2D eigenvalue weighted by molar-refractivity contribution is -0.122. The monoisotopic (exact) mass is 520 g/mol. The molecule has 5 aromatic rings. The first kappa shape index (κ1) is 25.9. The molecule has 0 aliphatic heterocycles. The van der Waals surface area contributed by atoms with Gasteiger partial charge >= 0.3 is 0 Å². The van der Waals surface area contributed by atoms with Gasteiger partial charge < -0.3 is 14.7 Å². The van der Waals surface area contributed by atoms with Gasteiger partial charge in [0, 0.05) is 45.8 Å². The number of H-pyrrole nitrogens is 2. The summed E-state index contributed by atoms with van der Waals surface area (Å²) >= 11 is 0. The standard InChI is InChI=1S/C31H32N6O2/c1-18(2)9-21(10-19(3)34-29(38)13-31(4,5)6)25-12-23-28(16-33-25)36-37-30(23)26-11-22-24(20-7-8-39-17-20)14-32-15-27(22)35-26/h7-12,14-17,35H,1,13H2,2-6H3,(H,34,38)(H,36,37)/b19-10+,21-9+. The highest BCUT2D eigenvalue weighted by Gasteiger charge is 2.17. The van der Waals surface area contributed by atoms with Gasteiger partial charge in [-0.1, -0.05) is 39.0 Å². The summed E-state index contributed by atoms with van der Waals surface area (Å²) in [5.41, 5.74) is 8.40. The minimum absolute atomic E-state index is 0.0189. The molecule has 198 valence electrons. The second-order valence-corrected chi connectivity index (χ2v) is 11.1. The molecule has 1 amide bonds. The molecular weight excluding hydrogens is 488 g/mol. The fourth-order valence-corrected chi connectivity index (χ4v) is 4.58. The van der Waals surface area contributed by atoms with Crippen LogP contribution in [0.4, 0.5) is 0 Å². The first-order chi connectivity index (χ1) is 18.6. The molecule has 0 saturated heterocycles. The third-order valence-corrected chi connectivity index (χ3v) is 6.18. The van der Waals surface area contributed by atoms with E-state index in [1.807, 2.05) is 65.1 Å². The van der Waals surface area contributed by atoms with Crippen molar-refractivity contribution in [3.63, 3.8) is 0 Å². The molecule has 8 nitrogen and oxygen atoms in total. The smallest absolute Gasteiger partial charge is 0.224 e. The van der Waals surface area contributed by atoms with Gasteiger partial charge in [-0.15, -0.1) is 0 Å². The van der Waals surface area contributed by atoms with Crippen molar-refractivity contribution < 1.29 is 9.21 Å². The zero-order chi connectivity index (χ0) is 27.7. The molecule has 39 heavy (non-hydrogen) atoms. The second-order valence-electron chi connectivity index (χ2n) is 11.1. The van der Waals surface area contributed by atoms with E-state index in [1.165, 1.54) is 0 Å². The molecule has 0 radical (unpaired) electrons. The number of hydrogen-bond donors (Lipinski definition) is 3. The minimum atomic E-state index is -0.0943. The van der Waals surface area contributed by atoms with Crippen molar-refractivity contribution in [3.05, 3.63) is 85.0 Å². The predicted molar refractivity (Wildman–Crippen MR) is 155 cm³/mol. The highest BCUT2D eigenvalue weighted by Crippen LogP contribution is 2.34. The number of allylic oxidation sites excluding steroid dienone is 5. The van der Waals surface area contributed by atoms with Crippen LogP contribution in [0.2, 0.25) is 0 Å². The van der Waals surface area contributed by atoms with E-state index < -0.39 is 0 Å². The quantitative estimate of drug-likeness (QED) is 0.197. The molecule has 3 N–H and O–H groups in total. The van der Waals surface area contributed by atoms with Crippen molar-refractivity contribution >= 4 is 33.3 Å². The van der Waals surface area contributed by atoms with Gasteiger partial charge in [-0.3, -0.25) is 19.9 Å². The first-order valence-electron chi connectivity index (χ1n) is 12.8. The number of aromatic amines is 2. The fraction of sp³-hybridized carbons (Fsp3) is 0.226. The van der Waals surface area contributed by atoms with E-state index in [0.717, 1.165) is 66.9 Å². The summed E-state index contributed by atoms with van der Waals surface area (Å²) in [7, 11) is 0. The van der Waals surface area contributed by atoms with Crippen LogP contribution >= 0.6 is 0 Å². The number of aromatic nitrogens is 5. The Labute approximate surface area is 227 Å². The Bertz CT molecular complexity index is 1740. The minimum Gasteiger partial charge on any atom is -0.472 e. The maximum absolute atomic E-state index is 12.5. The summed E-state index contributed by atoms with van der Waals surface area (Å²) in [4.78, 5) is 25.0. The summed E-state index contributed by atoms with van der Waals surface area (Å²) in [6, 6.07) is 6.00. The van der Waals surface area contributed by atoms with Crippen molar-refractivity contribution in [1.29, 1.82) is 0 Å². The summed E-state index contributed by atoms with van der Waals surface area (Å²) in [6.07, 6.45) is 13.1. The number of amides is 1. The number of pyridine rings is 2. The fourth-order valence-electron chi connectivity index (χ4n) is 4.58. The van der Waals surface area contributed by atoms with Crippen LogP contribution in [0.1, 0.15) is 46.7 Å². The van der Waals surface area contributed by atoms with Gasteiger partial charge in [0.25, 0.3) is 0 Å². The molecule has 0 unspecified atom stereocenters. The highest BCUT2D eigenvalue weighted by molar-refractivity contribution is 6.01. The van der Waals surface area contributed by atoms with Crippen molar-refractivity contribution in [2.24, 2.45) is 5.41 Å². The average molecular weight is 521 g/mol. The molecule has 0 atom stereocenters. The predicted octanol–water partition coefficient (Wildman–Crippen LogP) is 7.18. The molecule has 5 rings (SSSR count). The van der Waals surface area contributed by atoms with Crippen LogP contribution in [0, 0.1) is 5.41 Å². The summed E-state index contributed by atoms with van der Waals surface area (Å²) in [6.45, 7) is 14.0. The Hall–Kier alpha value is -4.72.